The van der Waals surface area contributed by atoms with Crippen LogP contribution in [-0.4, -0.2) is 19.3 Å². The van der Waals surface area contributed by atoms with Gasteiger partial charge < -0.3 is 9.47 Å². The minimum absolute atomic E-state index is 0.0911. The van der Waals surface area contributed by atoms with Crippen LogP contribution in [0.25, 0.3) is 0 Å². The van der Waals surface area contributed by atoms with E-state index in [-0.39, 0.29) is 5.41 Å². The molecule has 0 saturated carbocycles. The molecule has 0 aromatic heterocycles. The van der Waals surface area contributed by atoms with Crippen LogP contribution < -0.4 is 4.74 Å². The maximum atomic E-state index is 5.79. The Labute approximate surface area is 129 Å². The topological polar surface area (TPSA) is 21.8 Å². The SMILES string of the molecule is CCC1OC1CC(C)c1cc(C)cc(C(C)(C)C)c1OC. The Morgan fingerprint density at radius 1 is 1.24 bits per heavy atom. The van der Waals surface area contributed by atoms with E-state index in [1.165, 1.54) is 16.7 Å². The Balaban J connectivity index is 2.31. The summed E-state index contributed by atoms with van der Waals surface area (Å²) in [5.74, 6) is 1.52. The third kappa shape index (κ3) is 3.60. The van der Waals surface area contributed by atoms with Crippen molar-refractivity contribution in [1.82, 2.24) is 0 Å². The van der Waals surface area contributed by atoms with Crippen molar-refractivity contribution in [2.45, 2.75) is 77.9 Å². The number of ether oxygens (including phenoxy) is 2. The van der Waals surface area contributed by atoms with Crippen molar-refractivity contribution in [1.29, 1.82) is 0 Å². The third-order valence-corrected chi connectivity index (χ3v) is 4.48. The van der Waals surface area contributed by atoms with E-state index in [0.29, 0.717) is 18.1 Å². The fourth-order valence-electron chi connectivity index (χ4n) is 3.17. The van der Waals surface area contributed by atoms with Crippen LogP contribution in [0.1, 0.15) is 70.1 Å². The zero-order valence-electron chi connectivity index (χ0n) is 14.6. The van der Waals surface area contributed by atoms with Gasteiger partial charge in [-0.3, -0.25) is 0 Å². The zero-order chi connectivity index (χ0) is 15.8. The van der Waals surface area contributed by atoms with Crippen molar-refractivity contribution in [2.75, 3.05) is 7.11 Å². The first-order chi connectivity index (χ1) is 9.77. The number of rotatable bonds is 5. The van der Waals surface area contributed by atoms with Gasteiger partial charge in [0.05, 0.1) is 19.3 Å². The van der Waals surface area contributed by atoms with Gasteiger partial charge in [0.25, 0.3) is 0 Å². The van der Waals surface area contributed by atoms with Gasteiger partial charge in [0.2, 0.25) is 0 Å². The zero-order valence-corrected chi connectivity index (χ0v) is 14.6. The molecule has 0 spiro atoms. The number of epoxide rings is 1. The van der Waals surface area contributed by atoms with Crippen molar-refractivity contribution in [3.05, 3.63) is 28.8 Å². The van der Waals surface area contributed by atoms with Crippen LogP contribution in [0.2, 0.25) is 0 Å². The van der Waals surface area contributed by atoms with Crippen LogP contribution in [0.4, 0.5) is 0 Å². The molecule has 1 fully saturated rings. The van der Waals surface area contributed by atoms with Gasteiger partial charge >= 0.3 is 0 Å². The highest BCUT2D eigenvalue weighted by molar-refractivity contribution is 5.49. The molecule has 2 rings (SSSR count). The molecule has 2 heteroatoms. The molecular formula is C19H30O2. The van der Waals surface area contributed by atoms with E-state index >= 15 is 0 Å². The first-order valence-electron chi connectivity index (χ1n) is 8.12. The van der Waals surface area contributed by atoms with Gasteiger partial charge in [-0.2, -0.15) is 0 Å². The molecule has 0 radical (unpaired) electrons. The number of aryl methyl sites for hydroxylation is 1. The summed E-state index contributed by atoms with van der Waals surface area (Å²) in [6.07, 6.45) is 3.12. The molecular weight excluding hydrogens is 260 g/mol. The molecule has 1 aliphatic rings. The molecule has 1 heterocycles. The smallest absolute Gasteiger partial charge is 0.126 e. The Hall–Kier alpha value is -1.02. The molecule has 118 valence electrons. The van der Waals surface area contributed by atoms with Crippen molar-refractivity contribution in [3.8, 4) is 5.75 Å². The first kappa shape index (κ1) is 16.4. The summed E-state index contributed by atoms with van der Waals surface area (Å²) >= 11 is 0. The fraction of sp³-hybridized carbons (Fsp3) is 0.684. The molecule has 1 aromatic rings. The lowest BCUT2D eigenvalue weighted by Crippen LogP contribution is -2.15. The molecule has 0 aliphatic carbocycles. The van der Waals surface area contributed by atoms with E-state index in [4.69, 9.17) is 9.47 Å². The van der Waals surface area contributed by atoms with Crippen LogP contribution in [0.5, 0.6) is 5.75 Å². The van der Waals surface area contributed by atoms with E-state index in [1.54, 1.807) is 7.11 Å². The van der Waals surface area contributed by atoms with Crippen molar-refractivity contribution in [3.63, 3.8) is 0 Å². The summed E-state index contributed by atoms with van der Waals surface area (Å²) in [7, 11) is 1.79. The van der Waals surface area contributed by atoms with Gasteiger partial charge in [0, 0.05) is 5.56 Å². The molecule has 3 unspecified atom stereocenters. The predicted molar refractivity (Wildman–Crippen MR) is 88.4 cm³/mol. The second-order valence-electron chi connectivity index (χ2n) is 7.44. The van der Waals surface area contributed by atoms with Gasteiger partial charge in [0.15, 0.2) is 0 Å². The summed E-state index contributed by atoms with van der Waals surface area (Å²) in [6.45, 7) is 13.4. The lowest BCUT2D eigenvalue weighted by molar-refractivity contribution is 0.349. The van der Waals surface area contributed by atoms with E-state index in [2.05, 4.69) is 53.7 Å². The maximum absolute atomic E-state index is 5.79. The highest BCUT2D eigenvalue weighted by Gasteiger charge is 2.38. The lowest BCUT2D eigenvalue weighted by atomic mass is 9.81. The predicted octanol–water partition coefficient (Wildman–Crippen LogP) is 4.97. The van der Waals surface area contributed by atoms with Crippen molar-refractivity contribution in [2.24, 2.45) is 0 Å². The molecule has 1 saturated heterocycles. The second-order valence-corrected chi connectivity index (χ2v) is 7.44. The van der Waals surface area contributed by atoms with E-state index in [0.717, 1.165) is 18.6 Å². The van der Waals surface area contributed by atoms with Gasteiger partial charge in [-0.25, -0.2) is 0 Å². The minimum Gasteiger partial charge on any atom is -0.496 e. The molecule has 0 amide bonds. The molecule has 21 heavy (non-hydrogen) atoms. The third-order valence-electron chi connectivity index (χ3n) is 4.48. The van der Waals surface area contributed by atoms with Gasteiger partial charge in [-0.05, 0) is 36.7 Å². The highest BCUT2D eigenvalue weighted by atomic mass is 16.6. The molecule has 0 N–H and O–H groups in total. The average Bonchev–Trinajstić information content (AvgIpc) is 3.15. The van der Waals surface area contributed by atoms with E-state index in [1.807, 2.05) is 0 Å². The summed E-state index contributed by atoms with van der Waals surface area (Å²) in [5.41, 5.74) is 4.03. The Morgan fingerprint density at radius 3 is 2.38 bits per heavy atom. The lowest BCUT2D eigenvalue weighted by Gasteiger charge is -2.26. The maximum Gasteiger partial charge on any atom is 0.126 e. The summed E-state index contributed by atoms with van der Waals surface area (Å²) < 4.78 is 11.5. The van der Waals surface area contributed by atoms with Gasteiger partial charge in [-0.1, -0.05) is 52.3 Å². The highest BCUT2D eigenvalue weighted by Crippen LogP contribution is 2.42. The van der Waals surface area contributed by atoms with Crippen LogP contribution in [0, 0.1) is 6.92 Å². The average molecular weight is 290 g/mol. The Morgan fingerprint density at radius 2 is 1.90 bits per heavy atom. The summed E-state index contributed by atoms with van der Waals surface area (Å²) in [5, 5.41) is 0. The summed E-state index contributed by atoms with van der Waals surface area (Å²) in [4.78, 5) is 0. The monoisotopic (exact) mass is 290 g/mol. The van der Waals surface area contributed by atoms with Gasteiger partial charge in [-0.15, -0.1) is 0 Å². The van der Waals surface area contributed by atoms with Crippen LogP contribution >= 0.6 is 0 Å². The van der Waals surface area contributed by atoms with Crippen LogP contribution in [0.3, 0.4) is 0 Å². The van der Waals surface area contributed by atoms with Crippen LogP contribution in [-0.2, 0) is 10.2 Å². The van der Waals surface area contributed by atoms with Crippen molar-refractivity contribution >= 4 is 0 Å². The molecule has 0 bridgehead atoms. The quantitative estimate of drug-likeness (QED) is 0.714. The number of methoxy groups -OCH3 is 1. The van der Waals surface area contributed by atoms with Crippen molar-refractivity contribution < 1.29 is 9.47 Å². The fourth-order valence-corrected chi connectivity index (χ4v) is 3.17. The minimum atomic E-state index is 0.0911. The van der Waals surface area contributed by atoms with E-state index in [9.17, 15) is 0 Å². The summed E-state index contributed by atoms with van der Waals surface area (Å²) in [6, 6.07) is 4.54. The number of benzene rings is 1. The molecule has 3 atom stereocenters. The Kier molecular flexibility index (Phi) is 4.67. The molecule has 2 nitrogen and oxygen atoms in total. The molecule has 1 aromatic carbocycles. The normalized spacial score (nSPS) is 23.0. The number of hydrogen-bond acceptors (Lipinski definition) is 2. The largest absolute Gasteiger partial charge is 0.496 e. The number of hydrogen-bond donors (Lipinski definition) is 0. The van der Waals surface area contributed by atoms with Gasteiger partial charge in [0.1, 0.15) is 5.75 Å². The first-order valence-corrected chi connectivity index (χ1v) is 8.12. The standard InChI is InChI=1S/C19H30O2/c1-8-16-17(21-16)11-13(3)14-9-12(2)10-15(18(14)20-7)19(4,5)6/h9-10,13,16-17H,8,11H2,1-7H3. The van der Waals surface area contributed by atoms with Crippen LogP contribution in [0.15, 0.2) is 12.1 Å². The second kappa shape index (κ2) is 6.00. The van der Waals surface area contributed by atoms with E-state index < -0.39 is 0 Å². The molecule has 1 aliphatic heterocycles. The Bertz CT molecular complexity index is 499.